The van der Waals surface area contributed by atoms with Gasteiger partial charge in [0.05, 0.1) is 12.5 Å². The molecule has 1 rings (SSSR count). The molecular formula is C4H4ClNOS. The lowest BCUT2D eigenvalue weighted by atomic mass is 10.9. The Morgan fingerprint density at radius 2 is 2.62 bits per heavy atom. The SMILES string of the molecule is COc1csc(Cl)n1. The molecule has 4 heteroatoms. The minimum absolute atomic E-state index is 0.516. The van der Waals surface area contributed by atoms with Crippen LogP contribution < -0.4 is 4.74 Å². The van der Waals surface area contributed by atoms with Crippen LogP contribution in [0, 0.1) is 0 Å². The van der Waals surface area contributed by atoms with Gasteiger partial charge in [0.25, 0.3) is 0 Å². The molecule has 1 aromatic heterocycles. The molecule has 0 saturated carbocycles. The molecule has 0 spiro atoms. The molecule has 1 aromatic rings. The molecule has 0 fully saturated rings. The number of aromatic nitrogens is 1. The second-order valence-electron chi connectivity index (χ2n) is 1.14. The Labute approximate surface area is 56.1 Å². The summed E-state index contributed by atoms with van der Waals surface area (Å²) >= 11 is 6.82. The first-order chi connectivity index (χ1) is 3.83. The van der Waals surface area contributed by atoms with Gasteiger partial charge in [-0.25, -0.2) is 0 Å². The zero-order chi connectivity index (χ0) is 5.98. The van der Waals surface area contributed by atoms with Gasteiger partial charge in [-0.15, -0.1) is 11.3 Å². The third-order valence-corrected chi connectivity index (χ3v) is 1.62. The van der Waals surface area contributed by atoms with Crippen molar-refractivity contribution in [3.8, 4) is 5.88 Å². The summed E-state index contributed by atoms with van der Waals surface area (Å²) in [5.74, 6) is 0.583. The lowest BCUT2D eigenvalue weighted by Crippen LogP contribution is -1.79. The van der Waals surface area contributed by atoms with E-state index in [1.807, 2.05) is 0 Å². The first-order valence-electron chi connectivity index (χ1n) is 1.98. The molecule has 0 N–H and O–H groups in total. The number of rotatable bonds is 1. The van der Waals surface area contributed by atoms with Gasteiger partial charge in [0.2, 0.25) is 5.88 Å². The zero-order valence-electron chi connectivity index (χ0n) is 4.22. The van der Waals surface area contributed by atoms with Gasteiger partial charge in [-0.3, -0.25) is 0 Å². The maximum Gasteiger partial charge on any atom is 0.225 e. The Morgan fingerprint density at radius 1 is 1.88 bits per heavy atom. The van der Waals surface area contributed by atoms with Crippen LogP contribution in [0.1, 0.15) is 0 Å². The van der Waals surface area contributed by atoms with Crippen molar-refractivity contribution in [1.82, 2.24) is 4.98 Å². The van der Waals surface area contributed by atoms with Crippen LogP contribution in [0.2, 0.25) is 4.47 Å². The monoisotopic (exact) mass is 149 g/mol. The fourth-order valence-corrected chi connectivity index (χ4v) is 1.04. The minimum atomic E-state index is 0.516. The number of ether oxygens (including phenoxy) is 1. The summed E-state index contributed by atoms with van der Waals surface area (Å²) in [4.78, 5) is 3.79. The molecule has 0 radical (unpaired) electrons. The van der Waals surface area contributed by atoms with Gasteiger partial charge in [0, 0.05) is 0 Å². The Morgan fingerprint density at radius 3 is 2.88 bits per heavy atom. The molecule has 0 aromatic carbocycles. The Hall–Kier alpha value is -0.280. The van der Waals surface area contributed by atoms with Crippen molar-refractivity contribution in [2.24, 2.45) is 0 Å². The van der Waals surface area contributed by atoms with Crippen LogP contribution >= 0.6 is 22.9 Å². The Kier molecular flexibility index (Phi) is 1.70. The van der Waals surface area contributed by atoms with Crippen LogP contribution in [0.4, 0.5) is 0 Å². The first-order valence-corrected chi connectivity index (χ1v) is 3.23. The lowest BCUT2D eigenvalue weighted by Gasteiger charge is -1.85. The van der Waals surface area contributed by atoms with Crippen molar-refractivity contribution in [3.63, 3.8) is 0 Å². The predicted molar refractivity (Wildman–Crippen MR) is 33.7 cm³/mol. The molecule has 0 aliphatic heterocycles. The van der Waals surface area contributed by atoms with Crippen molar-refractivity contribution in [3.05, 3.63) is 9.85 Å². The fraction of sp³-hybridized carbons (Fsp3) is 0.250. The number of hydrogen-bond acceptors (Lipinski definition) is 3. The predicted octanol–water partition coefficient (Wildman–Crippen LogP) is 1.81. The second-order valence-corrected chi connectivity index (χ2v) is 2.58. The molecule has 0 aliphatic carbocycles. The zero-order valence-corrected chi connectivity index (χ0v) is 5.79. The van der Waals surface area contributed by atoms with Gasteiger partial charge in [0.1, 0.15) is 0 Å². The summed E-state index contributed by atoms with van der Waals surface area (Å²) < 4.78 is 5.27. The number of nitrogens with zero attached hydrogens (tertiary/aromatic N) is 1. The summed E-state index contributed by atoms with van der Waals surface area (Å²) in [5, 5.41) is 1.75. The summed E-state index contributed by atoms with van der Waals surface area (Å²) in [6.07, 6.45) is 0. The van der Waals surface area contributed by atoms with Gasteiger partial charge >= 0.3 is 0 Å². The maximum atomic E-state index is 5.47. The van der Waals surface area contributed by atoms with E-state index in [1.165, 1.54) is 11.3 Å². The highest BCUT2D eigenvalue weighted by Gasteiger charge is 1.94. The van der Waals surface area contributed by atoms with Crippen LogP contribution in [0.5, 0.6) is 5.88 Å². The van der Waals surface area contributed by atoms with E-state index < -0.39 is 0 Å². The number of methoxy groups -OCH3 is 1. The number of thiazole rings is 1. The summed E-state index contributed by atoms with van der Waals surface area (Å²) in [7, 11) is 1.56. The second kappa shape index (κ2) is 2.33. The fourth-order valence-electron chi connectivity index (χ4n) is 0.332. The van der Waals surface area contributed by atoms with Gasteiger partial charge < -0.3 is 4.74 Å². The summed E-state index contributed by atoms with van der Waals surface area (Å²) in [6.45, 7) is 0. The van der Waals surface area contributed by atoms with Crippen molar-refractivity contribution >= 4 is 22.9 Å². The average Bonchev–Trinajstić information content (AvgIpc) is 2.14. The highest BCUT2D eigenvalue weighted by molar-refractivity contribution is 7.14. The van der Waals surface area contributed by atoms with E-state index in [-0.39, 0.29) is 0 Å². The van der Waals surface area contributed by atoms with E-state index in [1.54, 1.807) is 12.5 Å². The normalized spacial score (nSPS) is 9.25. The lowest BCUT2D eigenvalue weighted by molar-refractivity contribution is 0.401. The third kappa shape index (κ3) is 1.11. The summed E-state index contributed by atoms with van der Waals surface area (Å²) in [5.41, 5.74) is 0. The van der Waals surface area contributed by atoms with Crippen LogP contribution in [0.25, 0.3) is 0 Å². The largest absolute Gasteiger partial charge is 0.480 e. The molecule has 0 atom stereocenters. The van der Waals surface area contributed by atoms with E-state index in [0.29, 0.717) is 10.3 Å². The van der Waals surface area contributed by atoms with Gasteiger partial charge in [-0.2, -0.15) is 4.98 Å². The highest BCUT2D eigenvalue weighted by Crippen LogP contribution is 2.19. The van der Waals surface area contributed by atoms with Crippen molar-refractivity contribution in [2.75, 3.05) is 7.11 Å². The van der Waals surface area contributed by atoms with E-state index in [0.717, 1.165) is 0 Å². The van der Waals surface area contributed by atoms with E-state index in [9.17, 15) is 0 Å². The molecule has 1 heterocycles. The van der Waals surface area contributed by atoms with Crippen molar-refractivity contribution in [1.29, 1.82) is 0 Å². The molecule has 44 valence electrons. The average molecular weight is 150 g/mol. The van der Waals surface area contributed by atoms with Crippen LogP contribution in [0.3, 0.4) is 0 Å². The molecule has 0 bridgehead atoms. The number of halogens is 1. The maximum absolute atomic E-state index is 5.47. The van der Waals surface area contributed by atoms with E-state index >= 15 is 0 Å². The van der Waals surface area contributed by atoms with Gasteiger partial charge in [-0.1, -0.05) is 11.6 Å². The molecule has 2 nitrogen and oxygen atoms in total. The summed E-state index contributed by atoms with van der Waals surface area (Å²) in [6, 6.07) is 0. The smallest absolute Gasteiger partial charge is 0.225 e. The quantitative estimate of drug-likeness (QED) is 0.608. The van der Waals surface area contributed by atoms with Crippen LogP contribution in [0.15, 0.2) is 5.38 Å². The minimum Gasteiger partial charge on any atom is -0.480 e. The topological polar surface area (TPSA) is 22.1 Å². The Bertz CT molecular complexity index is 176. The molecule has 0 unspecified atom stereocenters. The van der Waals surface area contributed by atoms with Crippen molar-refractivity contribution in [2.45, 2.75) is 0 Å². The first kappa shape index (κ1) is 5.85. The third-order valence-electron chi connectivity index (χ3n) is 0.664. The van der Waals surface area contributed by atoms with Crippen molar-refractivity contribution < 1.29 is 4.74 Å². The highest BCUT2D eigenvalue weighted by atomic mass is 35.5. The van der Waals surface area contributed by atoms with Crippen LogP contribution in [-0.4, -0.2) is 12.1 Å². The van der Waals surface area contributed by atoms with Gasteiger partial charge in [-0.05, 0) is 0 Å². The van der Waals surface area contributed by atoms with Crippen LogP contribution in [-0.2, 0) is 0 Å². The molecule has 8 heavy (non-hydrogen) atoms. The van der Waals surface area contributed by atoms with E-state index in [4.69, 9.17) is 16.3 Å². The van der Waals surface area contributed by atoms with E-state index in [2.05, 4.69) is 4.98 Å². The number of hydrogen-bond donors (Lipinski definition) is 0. The molecule has 0 saturated heterocycles. The Balaban J connectivity index is 2.84. The standard InChI is InChI=1S/C4H4ClNOS/c1-7-3-2-8-4(5)6-3/h2H,1H3. The molecular weight excluding hydrogens is 146 g/mol. The van der Waals surface area contributed by atoms with Gasteiger partial charge in [0.15, 0.2) is 4.47 Å². The molecule has 0 amide bonds. The molecule has 0 aliphatic rings.